The predicted molar refractivity (Wildman–Crippen MR) is 123 cm³/mol. The third-order valence-electron chi connectivity index (χ3n) is 3.47. The molecule has 0 saturated carbocycles. The van der Waals surface area contributed by atoms with Gasteiger partial charge in [0.25, 0.3) is 10.1 Å². The Morgan fingerprint density at radius 2 is 1.14 bits per heavy atom. The van der Waals surface area contributed by atoms with Crippen LogP contribution < -0.4 is 5.32 Å². The zero-order valence-electron chi connectivity index (χ0n) is 18.2. The summed E-state index contributed by atoms with van der Waals surface area (Å²) in [4.78, 5) is 16.9. The van der Waals surface area contributed by atoms with E-state index in [1.165, 1.54) is 51.4 Å². The van der Waals surface area contributed by atoms with Gasteiger partial charge in [-0.3, -0.25) is 9.08 Å². The van der Waals surface area contributed by atoms with Crippen molar-refractivity contribution in [2.24, 2.45) is 0 Å². The summed E-state index contributed by atoms with van der Waals surface area (Å²) in [5.41, 5.74) is 0. The Morgan fingerprint density at radius 3 is 1.38 bits per heavy atom. The summed E-state index contributed by atoms with van der Waals surface area (Å²) in [5, 5.41) is 2.75. The van der Waals surface area contributed by atoms with Crippen molar-refractivity contribution in [3.05, 3.63) is 0 Å². The topological polar surface area (TPSA) is 133 Å². The summed E-state index contributed by atoms with van der Waals surface area (Å²) >= 11 is 0. The van der Waals surface area contributed by atoms with Crippen molar-refractivity contribution in [2.45, 2.75) is 90.9 Å². The molecule has 0 atom stereocenters. The molecule has 0 saturated heterocycles. The number of phosphoric ester groups is 1. The summed E-state index contributed by atoms with van der Waals surface area (Å²) < 4.78 is 42.3. The van der Waals surface area contributed by atoms with Crippen molar-refractivity contribution in [1.29, 1.82) is 0 Å². The van der Waals surface area contributed by atoms with E-state index in [2.05, 4.69) is 16.8 Å². The minimum absolute atomic E-state index is 0. The van der Waals surface area contributed by atoms with Gasteiger partial charge in [-0.2, -0.15) is 8.42 Å². The standard InChI is InChI=1S/C13H29O4P.C3H8O3S.C2H7N.Na.H/c1-2-3-4-5-6-7-8-9-10-11-12-13-17-18(14,15)16;1-2-3-7(4,5)6;1-3-2;;/h2-13H2,1H3,(H2,14,15,16);2-3H2,1H3,(H,4,5,6);3H,1-2H3;;. The molecule has 0 amide bonds. The molecule has 8 nitrogen and oxygen atoms in total. The molecule has 0 aromatic carbocycles. The Kier molecular flexibility index (Phi) is 34.7. The van der Waals surface area contributed by atoms with Crippen LogP contribution in [0.25, 0.3) is 0 Å². The van der Waals surface area contributed by atoms with E-state index in [-0.39, 0.29) is 41.9 Å². The Labute approximate surface area is 201 Å². The molecule has 0 radical (unpaired) electrons. The van der Waals surface area contributed by atoms with Gasteiger partial charge in [0, 0.05) is 0 Å². The van der Waals surface area contributed by atoms with Gasteiger partial charge in [-0.05, 0) is 26.9 Å². The fraction of sp³-hybridized carbons (Fsp3) is 1.00. The summed E-state index contributed by atoms with van der Waals surface area (Å²) in [6.45, 7) is 4.09. The van der Waals surface area contributed by atoms with E-state index in [4.69, 9.17) is 14.3 Å². The second-order valence-electron chi connectivity index (χ2n) is 6.65. The second-order valence-corrected chi connectivity index (χ2v) is 9.46. The number of hydrogen-bond donors (Lipinski definition) is 4. The Hall–Kier alpha value is 0.980. The molecule has 0 aromatic rings. The number of phosphoric acid groups is 1. The average Bonchev–Trinajstić information content (AvgIpc) is 2.55. The van der Waals surface area contributed by atoms with Crippen LogP contribution in [0.4, 0.5) is 0 Å². The van der Waals surface area contributed by atoms with E-state index < -0.39 is 17.9 Å². The van der Waals surface area contributed by atoms with Crippen LogP contribution in [0.1, 0.15) is 90.9 Å². The molecule has 0 fully saturated rings. The van der Waals surface area contributed by atoms with Crippen LogP contribution >= 0.6 is 7.82 Å². The molecule has 0 bridgehead atoms. The first-order valence-corrected chi connectivity index (χ1v) is 13.4. The van der Waals surface area contributed by atoms with Crippen molar-refractivity contribution in [3.8, 4) is 0 Å². The van der Waals surface area contributed by atoms with Gasteiger partial charge in [-0.15, -0.1) is 0 Å². The van der Waals surface area contributed by atoms with E-state index in [1.54, 1.807) is 6.92 Å². The third kappa shape index (κ3) is 52.8. The van der Waals surface area contributed by atoms with Crippen molar-refractivity contribution in [2.75, 3.05) is 26.5 Å². The van der Waals surface area contributed by atoms with Gasteiger partial charge < -0.3 is 15.1 Å². The molecular formula is C18H45NNaO7PS. The van der Waals surface area contributed by atoms with Crippen LogP contribution in [0.3, 0.4) is 0 Å². The molecule has 0 heterocycles. The van der Waals surface area contributed by atoms with Crippen LogP contribution in [0, 0.1) is 0 Å². The van der Waals surface area contributed by atoms with Crippen molar-refractivity contribution < 1.29 is 31.8 Å². The normalized spacial score (nSPS) is 10.9. The summed E-state index contributed by atoms with van der Waals surface area (Å²) in [5.74, 6) is -0.132. The second kappa shape index (κ2) is 27.0. The van der Waals surface area contributed by atoms with Crippen LogP contribution in [0.2, 0.25) is 0 Å². The number of rotatable bonds is 15. The molecule has 29 heavy (non-hydrogen) atoms. The fourth-order valence-corrected chi connectivity index (χ4v) is 3.09. The molecule has 0 aliphatic rings. The predicted octanol–water partition coefficient (Wildman–Crippen LogP) is 3.88. The van der Waals surface area contributed by atoms with Crippen LogP contribution in [-0.4, -0.2) is 78.8 Å². The molecule has 176 valence electrons. The van der Waals surface area contributed by atoms with Gasteiger partial charge in [-0.25, -0.2) is 4.57 Å². The minimum atomic E-state index is -4.25. The van der Waals surface area contributed by atoms with Crippen molar-refractivity contribution in [1.82, 2.24) is 5.32 Å². The summed E-state index contributed by atoms with van der Waals surface area (Å²) in [6.07, 6.45) is 13.9. The fourth-order valence-electron chi connectivity index (χ4n) is 2.21. The quantitative estimate of drug-likeness (QED) is 0.122. The SMILES string of the molecule is CCCCCCCCCCCCCOP(=O)(O)O.CCCS(=O)(=O)O.CNC.[NaH]. The molecule has 0 aliphatic heterocycles. The van der Waals surface area contributed by atoms with E-state index in [1.807, 2.05) is 14.1 Å². The van der Waals surface area contributed by atoms with Crippen LogP contribution in [-0.2, 0) is 19.2 Å². The van der Waals surface area contributed by atoms with Gasteiger partial charge in [0.1, 0.15) is 0 Å². The zero-order chi connectivity index (χ0) is 22.3. The van der Waals surface area contributed by atoms with Crippen LogP contribution in [0.15, 0.2) is 0 Å². The molecule has 0 unspecified atom stereocenters. The first-order valence-electron chi connectivity index (χ1n) is 10.3. The molecule has 0 spiro atoms. The van der Waals surface area contributed by atoms with Crippen molar-refractivity contribution in [3.63, 3.8) is 0 Å². The zero-order valence-corrected chi connectivity index (χ0v) is 19.9. The number of unbranched alkanes of at least 4 members (excludes halogenated alkanes) is 10. The number of nitrogens with one attached hydrogen (secondary N) is 1. The van der Waals surface area contributed by atoms with Crippen LogP contribution in [0.5, 0.6) is 0 Å². The molecule has 4 N–H and O–H groups in total. The van der Waals surface area contributed by atoms with Crippen molar-refractivity contribution >= 4 is 47.5 Å². The Balaban J connectivity index is -0.000000237. The van der Waals surface area contributed by atoms with Gasteiger partial charge >= 0.3 is 37.4 Å². The van der Waals surface area contributed by atoms with Gasteiger partial charge in [0.15, 0.2) is 0 Å². The van der Waals surface area contributed by atoms with E-state index in [0.29, 0.717) is 6.42 Å². The molecule has 0 rings (SSSR count). The molecule has 0 aliphatic carbocycles. The first kappa shape index (κ1) is 37.3. The van der Waals surface area contributed by atoms with Gasteiger partial charge in [0.05, 0.1) is 12.4 Å². The summed E-state index contributed by atoms with van der Waals surface area (Å²) in [6, 6.07) is 0. The summed E-state index contributed by atoms with van der Waals surface area (Å²) in [7, 11) is -4.17. The van der Waals surface area contributed by atoms with E-state index in [9.17, 15) is 13.0 Å². The Bertz CT molecular complexity index is 447. The molecular weight excluding hydrogens is 428 g/mol. The monoisotopic (exact) mass is 473 g/mol. The maximum atomic E-state index is 10.4. The van der Waals surface area contributed by atoms with E-state index >= 15 is 0 Å². The molecule has 11 heteroatoms. The Morgan fingerprint density at radius 1 is 0.793 bits per heavy atom. The van der Waals surface area contributed by atoms with E-state index in [0.717, 1.165) is 19.3 Å². The maximum absolute atomic E-state index is 10.4. The van der Waals surface area contributed by atoms with Gasteiger partial charge in [0.2, 0.25) is 0 Å². The average molecular weight is 474 g/mol. The first-order chi connectivity index (χ1) is 13.0. The van der Waals surface area contributed by atoms with Gasteiger partial charge in [-0.1, -0.05) is 78.1 Å². The third-order valence-corrected chi connectivity index (χ3v) is 4.91. The number of hydrogen-bond acceptors (Lipinski definition) is 5. The molecule has 0 aromatic heterocycles.